The molecule has 0 aromatic carbocycles. The van der Waals surface area contributed by atoms with Crippen molar-refractivity contribution in [3.8, 4) is 5.88 Å². The van der Waals surface area contributed by atoms with Crippen LogP contribution < -0.4 is 10.1 Å². The molecule has 1 aromatic heterocycles. The van der Waals surface area contributed by atoms with Crippen LogP contribution in [0.15, 0.2) is 6.07 Å². The van der Waals surface area contributed by atoms with Gasteiger partial charge in [0, 0.05) is 23.7 Å². The summed E-state index contributed by atoms with van der Waals surface area (Å²) in [5, 5.41) is 3.25. The van der Waals surface area contributed by atoms with Gasteiger partial charge in [0.25, 0.3) is 0 Å². The summed E-state index contributed by atoms with van der Waals surface area (Å²) in [7, 11) is 0. The normalized spacial score (nSPS) is 12.9. The third-order valence-electron chi connectivity index (χ3n) is 2.47. The number of halogens is 1. The predicted molar refractivity (Wildman–Crippen MR) is 75.5 cm³/mol. The van der Waals surface area contributed by atoms with Crippen LogP contribution in [0.2, 0.25) is 0 Å². The number of aromatic nitrogens is 2. The second-order valence-corrected chi connectivity index (χ2v) is 5.30. The van der Waals surface area contributed by atoms with Gasteiger partial charge in [-0.3, -0.25) is 0 Å². The van der Waals surface area contributed by atoms with Crippen molar-refractivity contribution < 1.29 is 4.74 Å². The van der Waals surface area contributed by atoms with Gasteiger partial charge in [0.15, 0.2) is 0 Å². The van der Waals surface area contributed by atoms with E-state index in [2.05, 4.69) is 29.1 Å². The van der Waals surface area contributed by atoms with Crippen LogP contribution >= 0.6 is 11.6 Å². The van der Waals surface area contributed by atoms with Gasteiger partial charge in [0.2, 0.25) is 11.8 Å². The van der Waals surface area contributed by atoms with Crippen LogP contribution in [0.1, 0.15) is 33.4 Å². The molecule has 1 unspecified atom stereocenters. The Kier molecular flexibility index (Phi) is 5.66. The Bertz CT molecular complexity index is 382. The number of hydrogen-bond acceptors (Lipinski definition) is 4. The topological polar surface area (TPSA) is 47.0 Å². The van der Waals surface area contributed by atoms with E-state index in [-0.39, 0.29) is 12.1 Å². The van der Waals surface area contributed by atoms with E-state index < -0.39 is 0 Å². The second-order valence-electron chi connectivity index (χ2n) is 4.99. The van der Waals surface area contributed by atoms with E-state index in [4.69, 9.17) is 16.3 Å². The minimum Gasteiger partial charge on any atom is -0.475 e. The van der Waals surface area contributed by atoms with Crippen molar-refractivity contribution in [2.75, 3.05) is 11.2 Å². The lowest BCUT2D eigenvalue weighted by Gasteiger charge is -2.20. The lowest BCUT2D eigenvalue weighted by atomic mass is 10.1. The molecule has 1 aromatic rings. The van der Waals surface area contributed by atoms with Crippen LogP contribution in [0.4, 0.5) is 5.95 Å². The highest BCUT2D eigenvalue weighted by Crippen LogP contribution is 2.16. The first-order chi connectivity index (χ1) is 8.42. The molecule has 1 rings (SSSR count). The Morgan fingerprint density at radius 1 is 1.28 bits per heavy atom. The predicted octanol–water partition coefficient (Wildman–Crippen LogP) is 3.25. The van der Waals surface area contributed by atoms with Gasteiger partial charge in [-0.2, -0.15) is 4.98 Å². The quantitative estimate of drug-likeness (QED) is 0.807. The summed E-state index contributed by atoms with van der Waals surface area (Å²) in [5.74, 6) is 2.11. The van der Waals surface area contributed by atoms with Gasteiger partial charge in [-0.05, 0) is 26.7 Å². The number of hydrogen-bond donors (Lipinski definition) is 1. The van der Waals surface area contributed by atoms with Crippen LogP contribution in [0, 0.1) is 12.8 Å². The average molecular weight is 272 g/mol. The maximum Gasteiger partial charge on any atom is 0.226 e. The Morgan fingerprint density at radius 2 is 1.94 bits per heavy atom. The highest BCUT2D eigenvalue weighted by atomic mass is 35.5. The Labute approximate surface area is 114 Å². The van der Waals surface area contributed by atoms with Crippen molar-refractivity contribution in [1.29, 1.82) is 0 Å². The summed E-state index contributed by atoms with van der Waals surface area (Å²) < 4.78 is 5.59. The van der Waals surface area contributed by atoms with Crippen molar-refractivity contribution in [3.63, 3.8) is 0 Å². The van der Waals surface area contributed by atoms with Gasteiger partial charge in [0.1, 0.15) is 0 Å². The van der Waals surface area contributed by atoms with Crippen molar-refractivity contribution in [2.45, 2.75) is 46.8 Å². The van der Waals surface area contributed by atoms with Gasteiger partial charge in [-0.15, -0.1) is 11.6 Å². The third kappa shape index (κ3) is 4.69. The van der Waals surface area contributed by atoms with E-state index in [9.17, 15) is 0 Å². The largest absolute Gasteiger partial charge is 0.475 e. The number of nitrogens with zero attached hydrogens (tertiary/aromatic N) is 2. The minimum absolute atomic E-state index is 0.0982. The molecule has 1 N–H and O–H groups in total. The summed E-state index contributed by atoms with van der Waals surface area (Å²) >= 11 is 5.93. The molecule has 0 saturated heterocycles. The van der Waals surface area contributed by atoms with E-state index in [1.807, 2.05) is 26.8 Å². The van der Waals surface area contributed by atoms with Gasteiger partial charge >= 0.3 is 0 Å². The lowest BCUT2D eigenvalue weighted by molar-refractivity contribution is 0.232. The van der Waals surface area contributed by atoms with Crippen LogP contribution in [-0.4, -0.2) is 28.0 Å². The molecule has 18 heavy (non-hydrogen) atoms. The highest BCUT2D eigenvalue weighted by molar-refractivity contribution is 6.18. The van der Waals surface area contributed by atoms with Gasteiger partial charge in [-0.1, -0.05) is 13.8 Å². The number of aryl methyl sites for hydroxylation is 1. The number of anilines is 1. The molecule has 102 valence electrons. The van der Waals surface area contributed by atoms with Crippen molar-refractivity contribution >= 4 is 17.5 Å². The number of nitrogens with one attached hydrogen (secondary N) is 1. The molecule has 0 fully saturated rings. The van der Waals surface area contributed by atoms with E-state index in [1.165, 1.54) is 0 Å². The summed E-state index contributed by atoms with van der Waals surface area (Å²) in [5.41, 5.74) is 0.875. The molecule has 0 aliphatic heterocycles. The Morgan fingerprint density at radius 3 is 2.44 bits per heavy atom. The molecule has 1 atom stereocenters. The average Bonchev–Trinajstić information content (AvgIpc) is 2.23. The van der Waals surface area contributed by atoms with E-state index in [0.717, 1.165) is 5.69 Å². The number of ether oxygens (including phenoxy) is 1. The Hall–Kier alpha value is -1.03. The number of rotatable bonds is 6. The van der Waals surface area contributed by atoms with Crippen LogP contribution in [0.5, 0.6) is 5.88 Å². The summed E-state index contributed by atoms with van der Waals surface area (Å²) in [6.07, 6.45) is 0.0982. The molecule has 4 nitrogen and oxygen atoms in total. The molecular weight excluding hydrogens is 250 g/mol. The zero-order valence-electron chi connectivity index (χ0n) is 11.7. The van der Waals surface area contributed by atoms with Crippen LogP contribution in [-0.2, 0) is 0 Å². The van der Waals surface area contributed by atoms with Crippen LogP contribution in [0.25, 0.3) is 0 Å². The fourth-order valence-electron chi connectivity index (χ4n) is 1.46. The molecule has 0 radical (unpaired) electrons. The second kappa shape index (κ2) is 6.78. The molecule has 5 heteroatoms. The maximum absolute atomic E-state index is 5.93. The zero-order valence-corrected chi connectivity index (χ0v) is 12.5. The van der Waals surface area contributed by atoms with Crippen molar-refractivity contribution in [1.82, 2.24) is 9.97 Å². The minimum atomic E-state index is 0.0982. The standard InChI is InChI=1S/C13H22ClN3O/c1-8(2)11(7-14)16-13-15-10(5)6-12(17-13)18-9(3)4/h6,8-9,11H,7H2,1-5H3,(H,15,16,17). The van der Waals surface area contributed by atoms with E-state index in [1.54, 1.807) is 0 Å². The molecular formula is C13H22ClN3O. The highest BCUT2D eigenvalue weighted by Gasteiger charge is 2.14. The fraction of sp³-hybridized carbons (Fsp3) is 0.692. The van der Waals surface area contributed by atoms with Crippen molar-refractivity contribution in [3.05, 3.63) is 11.8 Å². The first kappa shape index (κ1) is 15.0. The van der Waals surface area contributed by atoms with Gasteiger partial charge < -0.3 is 10.1 Å². The van der Waals surface area contributed by atoms with E-state index in [0.29, 0.717) is 23.6 Å². The lowest BCUT2D eigenvalue weighted by Crippen LogP contribution is -2.28. The monoisotopic (exact) mass is 271 g/mol. The van der Waals surface area contributed by atoms with Crippen LogP contribution in [0.3, 0.4) is 0 Å². The van der Waals surface area contributed by atoms with E-state index >= 15 is 0 Å². The zero-order chi connectivity index (χ0) is 13.7. The molecule has 0 bridgehead atoms. The summed E-state index contributed by atoms with van der Waals surface area (Å²) in [6.45, 7) is 10.1. The number of alkyl halides is 1. The van der Waals surface area contributed by atoms with Gasteiger partial charge in [-0.25, -0.2) is 4.98 Å². The molecule has 0 saturated carbocycles. The summed E-state index contributed by atoms with van der Waals surface area (Å²) in [4.78, 5) is 8.69. The molecule has 0 aliphatic rings. The SMILES string of the molecule is Cc1cc(OC(C)C)nc(NC(CCl)C(C)C)n1. The molecule has 0 aliphatic carbocycles. The summed E-state index contributed by atoms with van der Waals surface area (Å²) in [6, 6.07) is 1.98. The smallest absolute Gasteiger partial charge is 0.226 e. The maximum atomic E-state index is 5.93. The molecule has 0 amide bonds. The first-order valence-electron chi connectivity index (χ1n) is 6.27. The molecule has 0 spiro atoms. The third-order valence-corrected chi connectivity index (χ3v) is 2.81. The molecule has 1 heterocycles. The van der Waals surface area contributed by atoms with Crippen molar-refractivity contribution in [2.24, 2.45) is 5.92 Å². The fourth-order valence-corrected chi connectivity index (χ4v) is 1.89. The Balaban J connectivity index is 2.85. The first-order valence-corrected chi connectivity index (χ1v) is 6.80. The van der Waals surface area contributed by atoms with Gasteiger partial charge in [0.05, 0.1) is 6.10 Å².